The summed E-state index contributed by atoms with van der Waals surface area (Å²) in [7, 11) is 0. The normalized spacial score (nSPS) is 26.0. The Balaban J connectivity index is 1.52. The minimum absolute atomic E-state index is 0.693. The molecule has 1 saturated heterocycles. The lowest BCUT2D eigenvalue weighted by molar-refractivity contribution is 0.181. The monoisotopic (exact) mass is 232 g/mol. The first kappa shape index (κ1) is 11.1. The van der Waals surface area contributed by atoms with E-state index in [0.29, 0.717) is 6.04 Å². The zero-order chi connectivity index (χ0) is 11.5. The van der Waals surface area contributed by atoms with Gasteiger partial charge in [0.25, 0.3) is 0 Å². The van der Waals surface area contributed by atoms with E-state index in [-0.39, 0.29) is 0 Å². The van der Waals surface area contributed by atoms with Gasteiger partial charge in [0.1, 0.15) is 6.33 Å². The Kier molecular flexibility index (Phi) is 3.34. The topological polar surface area (TPSA) is 41.0 Å². The first-order valence-corrected chi connectivity index (χ1v) is 6.63. The van der Waals surface area contributed by atoms with Crippen molar-refractivity contribution in [3.8, 4) is 0 Å². The fourth-order valence-corrected chi connectivity index (χ4v) is 2.56. The van der Waals surface area contributed by atoms with Crippen molar-refractivity contribution in [1.29, 1.82) is 0 Å². The average molecular weight is 232 g/mol. The smallest absolute Gasteiger partial charge is 0.115 e. The first-order valence-electron chi connectivity index (χ1n) is 6.63. The molecule has 17 heavy (non-hydrogen) atoms. The van der Waals surface area contributed by atoms with E-state index in [0.717, 1.165) is 18.3 Å². The summed E-state index contributed by atoms with van der Waals surface area (Å²) in [6, 6.07) is 3.52. The Labute approximate surface area is 102 Å². The second kappa shape index (κ2) is 5.10. The van der Waals surface area contributed by atoms with Crippen molar-refractivity contribution in [2.24, 2.45) is 0 Å². The predicted octanol–water partition coefficient (Wildman–Crippen LogP) is 1.19. The van der Waals surface area contributed by atoms with Crippen LogP contribution in [0.25, 0.3) is 0 Å². The molecule has 0 bridgehead atoms. The van der Waals surface area contributed by atoms with Gasteiger partial charge in [0.2, 0.25) is 0 Å². The number of hydrogen-bond acceptors (Lipinski definition) is 4. The Morgan fingerprint density at radius 1 is 1.29 bits per heavy atom. The molecular formula is C13H20N4. The number of rotatable bonds is 4. The van der Waals surface area contributed by atoms with Crippen molar-refractivity contribution >= 4 is 0 Å². The summed E-state index contributed by atoms with van der Waals surface area (Å²) in [5, 5.41) is 3.73. The van der Waals surface area contributed by atoms with Crippen molar-refractivity contribution in [3.63, 3.8) is 0 Å². The van der Waals surface area contributed by atoms with Crippen LogP contribution >= 0.6 is 0 Å². The third-order valence-electron chi connectivity index (χ3n) is 3.58. The fourth-order valence-electron chi connectivity index (χ4n) is 2.56. The number of piperidine rings is 1. The van der Waals surface area contributed by atoms with Gasteiger partial charge < -0.3 is 5.32 Å². The van der Waals surface area contributed by atoms with Crippen LogP contribution in [0.15, 0.2) is 18.6 Å². The third kappa shape index (κ3) is 3.23. The third-order valence-corrected chi connectivity index (χ3v) is 3.58. The van der Waals surface area contributed by atoms with Crippen LogP contribution in [0.3, 0.4) is 0 Å². The van der Waals surface area contributed by atoms with Gasteiger partial charge in [-0.25, -0.2) is 9.97 Å². The lowest BCUT2D eigenvalue weighted by Crippen LogP contribution is -2.46. The molecule has 0 spiro atoms. The van der Waals surface area contributed by atoms with E-state index in [9.17, 15) is 0 Å². The molecule has 2 fully saturated rings. The molecule has 92 valence electrons. The molecule has 1 aromatic rings. The molecule has 1 aliphatic carbocycles. The fraction of sp³-hybridized carbons (Fsp3) is 0.692. The van der Waals surface area contributed by atoms with Gasteiger partial charge in [0.05, 0.1) is 5.69 Å². The number of likely N-dealkylation sites (tertiary alicyclic amines) is 1. The molecule has 1 aromatic heterocycles. The summed E-state index contributed by atoms with van der Waals surface area (Å²) in [6.45, 7) is 3.33. The maximum absolute atomic E-state index is 4.30. The van der Waals surface area contributed by atoms with Crippen LogP contribution < -0.4 is 5.32 Å². The zero-order valence-electron chi connectivity index (χ0n) is 10.2. The molecule has 2 heterocycles. The highest BCUT2D eigenvalue weighted by Crippen LogP contribution is 2.22. The van der Waals surface area contributed by atoms with Crippen LogP contribution in [0.5, 0.6) is 0 Å². The Hall–Kier alpha value is -1.00. The Morgan fingerprint density at radius 2 is 2.24 bits per heavy atom. The van der Waals surface area contributed by atoms with Gasteiger partial charge in [-0.3, -0.25) is 4.90 Å². The molecule has 4 heteroatoms. The highest BCUT2D eigenvalue weighted by molar-refractivity contribution is 4.98. The molecular weight excluding hydrogens is 212 g/mol. The Bertz CT molecular complexity index is 350. The van der Waals surface area contributed by atoms with Crippen molar-refractivity contribution in [3.05, 3.63) is 24.3 Å². The van der Waals surface area contributed by atoms with Crippen LogP contribution in [0.4, 0.5) is 0 Å². The largest absolute Gasteiger partial charge is 0.310 e. The summed E-state index contributed by atoms with van der Waals surface area (Å²) in [6.07, 6.45) is 8.85. The summed E-state index contributed by atoms with van der Waals surface area (Å²) in [5.41, 5.74) is 1.13. The molecule has 0 aromatic carbocycles. The zero-order valence-corrected chi connectivity index (χ0v) is 10.2. The minimum atomic E-state index is 0.693. The molecule has 1 N–H and O–H groups in total. The molecule has 3 rings (SSSR count). The summed E-state index contributed by atoms with van der Waals surface area (Å²) in [5.74, 6) is 0. The molecule has 4 nitrogen and oxygen atoms in total. The molecule has 1 aliphatic heterocycles. The predicted molar refractivity (Wildman–Crippen MR) is 66.5 cm³/mol. The summed E-state index contributed by atoms with van der Waals surface area (Å²) >= 11 is 0. The van der Waals surface area contributed by atoms with Crippen LogP contribution in [-0.4, -0.2) is 40.0 Å². The molecule has 1 unspecified atom stereocenters. The number of nitrogens with one attached hydrogen (secondary N) is 1. The van der Waals surface area contributed by atoms with Gasteiger partial charge in [0, 0.05) is 31.4 Å². The van der Waals surface area contributed by atoms with E-state index in [1.165, 1.54) is 38.8 Å². The maximum Gasteiger partial charge on any atom is 0.115 e. The number of hydrogen-bond donors (Lipinski definition) is 1. The average Bonchev–Trinajstić information content (AvgIpc) is 3.15. The van der Waals surface area contributed by atoms with E-state index in [1.807, 2.05) is 12.3 Å². The molecule has 2 aliphatic rings. The molecule has 0 radical (unpaired) electrons. The highest BCUT2D eigenvalue weighted by Gasteiger charge is 2.27. The standard InChI is InChI=1S/C13H20N4/c1-2-13(16-11-3-4-11)9-17(7-1)8-12-5-6-14-10-15-12/h5-6,10-11,13,16H,1-4,7-9H2. The van der Waals surface area contributed by atoms with Crippen molar-refractivity contribution < 1.29 is 0 Å². The summed E-state index contributed by atoms with van der Waals surface area (Å²) < 4.78 is 0. The van der Waals surface area contributed by atoms with E-state index in [1.54, 1.807) is 6.33 Å². The van der Waals surface area contributed by atoms with Crippen LogP contribution in [0.1, 0.15) is 31.4 Å². The second-order valence-electron chi connectivity index (χ2n) is 5.22. The molecule has 1 saturated carbocycles. The Morgan fingerprint density at radius 3 is 3.00 bits per heavy atom. The van der Waals surface area contributed by atoms with E-state index < -0.39 is 0 Å². The van der Waals surface area contributed by atoms with Gasteiger partial charge in [-0.15, -0.1) is 0 Å². The quantitative estimate of drug-likeness (QED) is 0.846. The molecule has 1 atom stereocenters. The SMILES string of the molecule is c1cc(CN2CCCC(NC3CC3)C2)ncn1. The lowest BCUT2D eigenvalue weighted by atomic mass is 10.1. The van der Waals surface area contributed by atoms with Crippen LogP contribution in [0.2, 0.25) is 0 Å². The van der Waals surface area contributed by atoms with Gasteiger partial charge in [-0.05, 0) is 38.3 Å². The summed E-state index contributed by atoms with van der Waals surface area (Å²) in [4.78, 5) is 10.8. The van der Waals surface area contributed by atoms with Crippen LogP contribution in [-0.2, 0) is 6.54 Å². The number of nitrogens with zero attached hydrogens (tertiary/aromatic N) is 3. The van der Waals surface area contributed by atoms with Gasteiger partial charge in [0.15, 0.2) is 0 Å². The van der Waals surface area contributed by atoms with E-state index in [4.69, 9.17) is 0 Å². The lowest BCUT2D eigenvalue weighted by Gasteiger charge is -2.33. The number of aromatic nitrogens is 2. The minimum Gasteiger partial charge on any atom is -0.310 e. The van der Waals surface area contributed by atoms with Crippen molar-refractivity contribution in [2.75, 3.05) is 13.1 Å². The van der Waals surface area contributed by atoms with E-state index >= 15 is 0 Å². The highest BCUT2D eigenvalue weighted by atomic mass is 15.2. The van der Waals surface area contributed by atoms with Crippen LogP contribution in [0, 0.1) is 0 Å². The second-order valence-corrected chi connectivity index (χ2v) is 5.22. The first-order chi connectivity index (χ1) is 8.40. The van der Waals surface area contributed by atoms with Crippen molar-refractivity contribution in [1.82, 2.24) is 20.2 Å². The van der Waals surface area contributed by atoms with Gasteiger partial charge in [-0.1, -0.05) is 0 Å². The maximum atomic E-state index is 4.30. The van der Waals surface area contributed by atoms with Gasteiger partial charge in [-0.2, -0.15) is 0 Å². The van der Waals surface area contributed by atoms with Gasteiger partial charge >= 0.3 is 0 Å². The van der Waals surface area contributed by atoms with Crippen molar-refractivity contribution in [2.45, 2.75) is 44.3 Å². The van der Waals surface area contributed by atoms with E-state index in [2.05, 4.69) is 20.2 Å². The molecule has 0 amide bonds.